The fraction of sp³-hybridized carbons (Fsp3) is 0.150. The van der Waals surface area contributed by atoms with Crippen LogP contribution in [0.1, 0.15) is 10.4 Å². The average Bonchev–Trinajstić information content (AvgIpc) is 3.10. The molecule has 1 unspecified atom stereocenters. The number of thiophene rings is 1. The second-order valence-electron chi connectivity index (χ2n) is 6.46. The monoisotopic (exact) mass is 397 g/mol. The third kappa shape index (κ3) is 4.73. The van der Waals surface area contributed by atoms with Crippen LogP contribution in [0.2, 0.25) is 0 Å². The summed E-state index contributed by atoms with van der Waals surface area (Å²) >= 11 is 1.23. The van der Waals surface area contributed by atoms with E-state index in [4.69, 9.17) is 5.73 Å². The van der Waals surface area contributed by atoms with Crippen molar-refractivity contribution in [1.29, 1.82) is 0 Å². The van der Waals surface area contributed by atoms with Crippen molar-refractivity contribution in [3.8, 4) is 0 Å². The zero-order valence-electron chi connectivity index (χ0n) is 15.3. The fourth-order valence-corrected chi connectivity index (χ4v) is 3.72. The molecule has 0 spiro atoms. The summed E-state index contributed by atoms with van der Waals surface area (Å²) < 4.78 is 0. The first-order chi connectivity index (χ1) is 13.4. The van der Waals surface area contributed by atoms with Gasteiger partial charge in [0.15, 0.2) is 13.1 Å². The first-order valence-corrected chi connectivity index (χ1v) is 9.58. The minimum Gasteiger partial charge on any atom is -0.366 e. The molecule has 1 aromatic heterocycles. The van der Waals surface area contributed by atoms with Gasteiger partial charge in [0.2, 0.25) is 0 Å². The number of nitrogens with two attached hydrogens (primary N) is 1. The SMILES string of the molecule is C[NH+](CC(=O)Nc1sccc1C(N)=O)CC(=O)Nc1cccc2ccccc12. The van der Waals surface area contributed by atoms with Gasteiger partial charge in [-0.2, -0.15) is 0 Å². The van der Waals surface area contributed by atoms with Gasteiger partial charge in [-0.25, -0.2) is 0 Å². The van der Waals surface area contributed by atoms with Gasteiger partial charge in [0.1, 0.15) is 5.00 Å². The van der Waals surface area contributed by atoms with E-state index in [1.165, 1.54) is 11.3 Å². The van der Waals surface area contributed by atoms with Gasteiger partial charge in [-0.05, 0) is 22.9 Å². The Bertz CT molecular complexity index is 1030. The molecule has 7 nitrogen and oxygen atoms in total. The van der Waals surface area contributed by atoms with Crippen LogP contribution in [-0.2, 0) is 9.59 Å². The van der Waals surface area contributed by atoms with Crippen molar-refractivity contribution in [2.24, 2.45) is 5.73 Å². The zero-order valence-corrected chi connectivity index (χ0v) is 16.1. The predicted octanol–water partition coefficient (Wildman–Crippen LogP) is 1.09. The van der Waals surface area contributed by atoms with Crippen LogP contribution in [0.15, 0.2) is 53.9 Å². The third-order valence-electron chi connectivity index (χ3n) is 4.17. The zero-order chi connectivity index (χ0) is 20.1. The molecular weight excluding hydrogens is 376 g/mol. The molecule has 0 aliphatic heterocycles. The van der Waals surface area contributed by atoms with Crippen molar-refractivity contribution in [1.82, 2.24) is 0 Å². The highest BCUT2D eigenvalue weighted by Crippen LogP contribution is 2.23. The number of quaternary nitrogens is 1. The topological polar surface area (TPSA) is 106 Å². The fourth-order valence-electron chi connectivity index (χ4n) is 2.91. The minimum atomic E-state index is -0.591. The van der Waals surface area contributed by atoms with Crippen molar-refractivity contribution in [3.63, 3.8) is 0 Å². The van der Waals surface area contributed by atoms with E-state index in [9.17, 15) is 14.4 Å². The Morgan fingerprint density at radius 1 is 0.964 bits per heavy atom. The molecule has 0 aliphatic rings. The first kappa shape index (κ1) is 19.5. The Hall–Kier alpha value is -3.23. The molecule has 1 heterocycles. The van der Waals surface area contributed by atoms with Crippen LogP contribution >= 0.6 is 11.3 Å². The number of anilines is 2. The lowest BCUT2D eigenvalue weighted by atomic mass is 10.1. The van der Waals surface area contributed by atoms with Crippen LogP contribution in [0.4, 0.5) is 10.7 Å². The predicted molar refractivity (Wildman–Crippen MR) is 111 cm³/mol. The number of amides is 3. The Morgan fingerprint density at radius 2 is 1.64 bits per heavy atom. The number of carbonyl (C=O) groups excluding carboxylic acids is 3. The summed E-state index contributed by atoms with van der Waals surface area (Å²) in [7, 11) is 1.76. The summed E-state index contributed by atoms with van der Waals surface area (Å²) in [5, 5.41) is 9.70. The Morgan fingerprint density at radius 3 is 2.39 bits per heavy atom. The lowest BCUT2D eigenvalue weighted by molar-refractivity contribution is -0.862. The van der Waals surface area contributed by atoms with Gasteiger partial charge < -0.3 is 21.3 Å². The van der Waals surface area contributed by atoms with Crippen molar-refractivity contribution in [2.75, 3.05) is 30.8 Å². The van der Waals surface area contributed by atoms with Gasteiger partial charge in [-0.3, -0.25) is 14.4 Å². The van der Waals surface area contributed by atoms with Crippen LogP contribution in [0.25, 0.3) is 10.8 Å². The number of likely N-dealkylation sites (N-methyl/N-ethyl adjacent to an activating group) is 1. The van der Waals surface area contributed by atoms with Gasteiger partial charge in [-0.15, -0.1) is 11.3 Å². The molecule has 0 bridgehead atoms. The van der Waals surface area contributed by atoms with E-state index < -0.39 is 5.91 Å². The quantitative estimate of drug-likeness (QED) is 0.480. The average molecular weight is 397 g/mol. The van der Waals surface area contributed by atoms with Crippen molar-refractivity contribution < 1.29 is 19.3 Å². The lowest BCUT2D eigenvalue weighted by Gasteiger charge is -2.14. The normalized spacial score (nSPS) is 11.8. The molecule has 0 fully saturated rings. The molecule has 1 atom stereocenters. The number of nitrogens with one attached hydrogen (secondary N) is 3. The molecule has 0 radical (unpaired) electrons. The Labute approximate surface area is 166 Å². The molecule has 0 saturated carbocycles. The highest BCUT2D eigenvalue weighted by molar-refractivity contribution is 7.14. The maximum Gasteiger partial charge on any atom is 0.280 e. The molecule has 3 amide bonds. The molecular formula is C20H21N4O3S+. The summed E-state index contributed by atoms with van der Waals surface area (Å²) in [4.78, 5) is 36.6. The summed E-state index contributed by atoms with van der Waals surface area (Å²) in [6, 6.07) is 15.1. The summed E-state index contributed by atoms with van der Waals surface area (Å²) in [6.45, 7) is 0.211. The van der Waals surface area contributed by atoms with E-state index in [1.807, 2.05) is 42.5 Å². The highest BCUT2D eigenvalue weighted by atomic mass is 32.1. The standard InChI is InChI=1S/C20H20N4O3S/c1-24(12-18(26)23-20-15(19(21)27)9-10-28-20)11-17(25)22-16-8-4-6-13-5-2-3-7-14(13)16/h2-10H,11-12H2,1H3,(H2,21,27)(H,22,25)(H,23,26)/p+1. The summed E-state index contributed by atoms with van der Waals surface area (Å²) in [5.74, 6) is -1.07. The van der Waals surface area contributed by atoms with Gasteiger partial charge in [0.05, 0.1) is 12.6 Å². The number of fused-ring (bicyclic) bond motifs is 1. The molecule has 144 valence electrons. The smallest absolute Gasteiger partial charge is 0.280 e. The van der Waals surface area contributed by atoms with Crippen LogP contribution in [0.5, 0.6) is 0 Å². The van der Waals surface area contributed by atoms with Crippen LogP contribution in [0.3, 0.4) is 0 Å². The number of benzene rings is 2. The van der Waals surface area contributed by atoms with Crippen molar-refractivity contribution >= 4 is 50.5 Å². The molecule has 0 saturated heterocycles. The van der Waals surface area contributed by atoms with E-state index in [0.29, 0.717) is 9.90 Å². The third-order valence-corrected chi connectivity index (χ3v) is 5.00. The summed E-state index contributed by atoms with van der Waals surface area (Å²) in [5.41, 5.74) is 6.30. The number of hydrogen-bond donors (Lipinski definition) is 4. The van der Waals surface area contributed by atoms with E-state index in [-0.39, 0.29) is 30.5 Å². The van der Waals surface area contributed by atoms with Gasteiger partial charge in [0, 0.05) is 11.1 Å². The van der Waals surface area contributed by atoms with Gasteiger partial charge >= 0.3 is 0 Å². The molecule has 3 aromatic rings. The number of hydrogen-bond acceptors (Lipinski definition) is 4. The molecule has 5 N–H and O–H groups in total. The number of carbonyl (C=O) groups is 3. The minimum absolute atomic E-state index is 0.0824. The molecule has 8 heteroatoms. The summed E-state index contributed by atoms with van der Waals surface area (Å²) in [6.07, 6.45) is 0. The van der Waals surface area contributed by atoms with Gasteiger partial charge in [0.25, 0.3) is 17.7 Å². The van der Waals surface area contributed by atoms with Crippen molar-refractivity contribution in [2.45, 2.75) is 0 Å². The van der Waals surface area contributed by atoms with Gasteiger partial charge in [-0.1, -0.05) is 36.4 Å². The molecule has 2 aromatic carbocycles. The van der Waals surface area contributed by atoms with Crippen LogP contribution < -0.4 is 21.3 Å². The molecule has 3 rings (SSSR count). The maximum absolute atomic E-state index is 12.4. The Kier molecular flexibility index (Phi) is 6.03. The molecule has 28 heavy (non-hydrogen) atoms. The van der Waals surface area contributed by atoms with Crippen LogP contribution in [0, 0.1) is 0 Å². The second kappa shape index (κ2) is 8.64. The first-order valence-electron chi connectivity index (χ1n) is 8.70. The maximum atomic E-state index is 12.4. The largest absolute Gasteiger partial charge is 0.366 e. The Balaban J connectivity index is 1.56. The van der Waals surface area contributed by atoms with E-state index in [2.05, 4.69) is 10.6 Å². The van der Waals surface area contributed by atoms with E-state index in [1.54, 1.807) is 18.5 Å². The number of primary amides is 1. The lowest BCUT2D eigenvalue weighted by Crippen LogP contribution is -3.11. The second-order valence-corrected chi connectivity index (χ2v) is 7.38. The highest BCUT2D eigenvalue weighted by Gasteiger charge is 2.17. The van der Waals surface area contributed by atoms with Crippen molar-refractivity contribution in [3.05, 3.63) is 59.5 Å². The number of rotatable bonds is 7. The van der Waals surface area contributed by atoms with Crippen LogP contribution in [-0.4, -0.2) is 37.9 Å². The van der Waals surface area contributed by atoms with E-state index >= 15 is 0 Å². The molecule has 0 aliphatic carbocycles. The van der Waals surface area contributed by atoms with E-state index in [0.717, 1.165) is 16.5 Å².